The van der Waals surface area contributed by atoms with Gasteiger partial charge in [0.1, 0.15) is 15.6 Å². The van der Waals surface area contributed by atoms with E-state index in [-0.39, 0.29) is 6.10 Å². The zero-order chi connectivity index (χ0) is 14.9. The van der Waals surface area contributed by atoms with E-state index in [1.807, 2.05) is 25.1 Å². The fourth-order valence-electron chi connectivity index (χ4n) is 1.96. The van der Waals surface area contributed by atoms with Crippen LogP contribution in [0.25, 0.3) is 0 Å². The summed E-state index contributed by atoms with van der Waals surface area (Å²) in [6.45, 7) is 3.64. The Morgan fingerprint density at radius 1 is 1.45 bits per heavy atom. The van der Waals surface area contributed by atoms with E-state index in [0.717, 1.165) is 20.7 Å². The molecule has 0 fully saturated rings. The summed E-state index contributed by atoms with van der Waals surface area (Å²) in [5.41, 5.74) is 8.22. The largest absolute Gasteiger partial charge is 0.486 e. The van der Waals surface area contributed by atoms with Gasteiger partial charge in [-0.15, -0.1) is 0 Å². The highest BCUT2D eigenvalue weighted by Gasteiger charge is 2.20. The lowest BCUT2D eigenvalue weighted by molar-refractivity contribution is 0.260. The van der Waals surface area contributed by atoms with Crippen LogP contribution in [0, 0.1) is 0 Å². The second-order valence-corrected chi connectivity index (χ2v) is 6.30. The van der Waals surface area contributed by atoms with E-state index in [1.54, 1.807) is 6.92 Å². The maximum absolute atomic E-state index is 6.07. The summed E-state index contributed by atoms with van der Waals surface area (Å²) < 4.78 is 6.88. The maximum atomic E-state index is 6.07. The minimum Gasteiger partial charge on any atom is -0.486 e. The minimum absolute atomic E-state index is 0.299. The van der Waals surface area contributed by atoms with Crippen molar-refractivity contribution in [1.29, 1.82) is 0 Å². The summed E-state index contributed by atoms with van der Waals surface area (Å²) in [7, 11) is 0. The molecule has 2 N–H and O–H groups in total. The molecule has 0 spiro atoms. The molecular weight excluding hydrogens is 410 g/mol. The van der Waals surface area contributed by atoms with Gasteiger partial charge in [0.15, 0.2) is 0 Å². The number of hydrogen-bond acceptors (Lipinski definition) is 3. The second-order valence-electron chi connectivity index (χ2n) is 4.30. The summed E-state index contributed by atoms with van der Waals surface area (Å²) in [5, 5.41) is 0.953. The van der Waals surface area contributed by atoms with Gasteiger partial charge in [-0.1, -0.05) is 23.2 Å². The molecular formula is C14H13Cl2IN2O. The van der Waals surface area contributed by atoms with Crippen LogP contribution in [-0.4, -0.2) is 9.82 Å². The Balaban J connectivity index is 2.20. The molecule has 1 heterocycles. The van der Waals surface area contributed by atoms with Crippen LogP contribution in [0.5, 0.6) is 5.75 Å². The summed E-state index contributed by atoms with van der Waals surface area (Å²) in [4.78, 5) is 4.28. The van der Waals surface area contributed by atoms with Gasteiger partial charge >= 0.3 is 0 Å². The van der Waals surface area contributed by atoms with Gasteiger partial charge in [-0.3, -0.25) is 0 Å². The van der Waals surface area contributed by atoms with Crippen molar-refractivity contribution in [3.63, 3.8) is 0 Å². The Labute approximate surface area is 141 Å². The fourth-order valence-corrected chi connectivity index (χ4v) is 3.25. The maximum Gasteiger partial charge on any atom is 0.124 e. The van der Waals surface area contributed by atoms with Gasteiger partial charge in [0, 0.05) is 22.4 Å². The molecule has 0 bridgehead atoms. The Morgan fingerprint density at radius 3 is 2.70 bits per heavy atom. The predicted molar refractivity (Wildman–Crippen MR) is 93.4 cm³/mol. The number of allylic oxidation sites excluding steroid dienone is 1. The van der Waals surface area contributed by atoms with Gasteiger partial charge in [-0.05, 0) is 54.6 Å². The van der Waals surface area contributed by atoms with Gasteiger partial charge in [0.2, 0.25) is 0 Å². The van der Waals surface area contributed by atoms with Gasteiger partial charge < -0.3 is 10.5 Å². The summed E-state index contributed by atoms with van der Waals surface area (Å²) in [6.07, 6.45) is 1.02. The molecule has 3 nitrogen and oxygen atoms in total. The van der Waals surface area contributed by atoms with E-state index in [4.69, 9.17) is 33.7 Å². The average molecular weight is 423 g/mol. The first-order chi connectivity index (χ1) is 9.43. The van der Waals surface area contributed by atoms with E-state index >= 15 is 0 Å². The second kappa shape index (κ2) is 6.37. The van der Waals surface area contributed by atoms with Crippen molar-refractivity contribution in [3.05, 3.63) is 45.6 Å². The molecule has 0 radical (unpaired) electrons. The molecule has 1 aliphatic rings. The van der Waals surface area contributed by atoms with E-state index in [0.29, 0.717) is 15.6 Å². The van der Waals surface area contributed by atoms with E-state index in [2.05, 4.69) is 27.6 Å². The van der Waals surface area contributed by atoms with Crippen molar-refractivity contribution in [1.82, 2.24) is 0 Å². The number of halogens is 3. The number of nitrogens with two attached hydrogens (primary N) is 1. The molecule has 0 saturated carbocycles. The van der Waals surface area contributed by atoms with Crippen molar-refractivity contribution in [3.8, 4) is 5.75 Å². The molecule has 1 atom stereocenters. The molecule has 106 valence electrons. The van der Waals surface area contributed by atoms with E-state index in [1.165, 1.54) is 6.20 Å². The van der Waals surface area contributed by atoms with Crippen LogP contribution in [0.2, 0.25) is 0 Å². The molecule has 0 unspecified atom stereocenters. The average Bonchev–Trinajstić information content (AvgIpc) is 2.39. The Hall–Kier alpha value is -0.720. The molecule has 0 aliphatic carbocycles. The summed E-state index contributed by atoms with van der Waals surface area (Å²) in [6, 6.07) is 5.77. The first-order valence-electron chi connectivity index (χ1n) is 5.93. The Kier molecular flexibility index (Phi) is 4.99. The normalized spacial score (nSPS) is 16.6. The Bertz CT molecular complexity index is 634. The SMILES string of the molecule is C/C(Cl)=C(\C(Cl)=C/N)[C@@H](C)Oc1ccc2c(c1)C(I)=N2. The smallest absolute Gasteiger partial charge is 0.124 e. The van der Waals surface area contributed by atoms with Crippen LogP contribution in [0.1, 0.15) is 19.4 Å². The van der Waals surface area contributed by atoms with E-state index in [9.17, 15) is 0 Å². The topological polar surface area (TPSA) is 47.6 Å². The Morgan fingerprint density at radius 2 is 2.15 bits per heavy atom. The van der Waals surface area contributed by atoms with Crippen molar-refractivity contribution in [2.24, 2.45) is 10.7 Å². The number of ether oxygens (including phenoxy) is 1. The molecule has 20 heavy (non-hydrogen) atoms. The molecule has 6 heteroatoms. The third-order valence-electron chi connectivity index (χ3n) is 2.90. The molecule has 0 saturated heterocycles. The van der Waals surface area contributed by atoms with Crippen LogP contribution < -0.4 is 10.5 Å². The standard InChI is InChI=1S/C14H13Cl2IN2O/c1-7(15)13(11(16)6-18)8(2)20-9-3-4-12-10(5-9)14(17)19-12/h3-6,8H,18H2,1-2H3/b11-6+,13-7+/t8-/m1/s1. The number of rotatable bonds is 4. The van der Waals surface area contributed by atoms with Crippen LogP contribution >= 0.6 is 45.8 Å². The first-order valence-corrected chi connectivity index (χ1v) is 7.76. The van der Waals surface area contributed by atoms with Crippen molar-refractivity contribution in [2.75, 3.05) is 0 Å². The van der Waals surface area contributed by atoms with Gasteiger partial charge in [0.25, 0.3) is 0 Å². The fraction of sp³-hybridized carbons (Fsp3) is 0.214. The van der Waals surface area contributed by atoms with Crippen LogP contribution in [0.4, 0.5) is 5.69 Å². The third kappa shape index (κ3) is 3.13. The van der Waals surface area contributed by atoms with Gasteiger partial charge in [0.05, 0.1) is 10.7 Å². The number of benzene rings is 1. The molecule has 2 rings (SSSR count). The zero-order valence-electron chi connectivity index (χ0n) is 11.0. The molecule has 1 aliphatic heterocycles. The first kappa shape index (κ1) is 15.7. The minimum atomic E-state index is -0.299. The number of aliphatic imine (C=N–C) groups is 1. The van der Waals surface area contributed by atoms with Crippen LogP contribution in [-0.2, 0) is 0 Å². The number of hydrogen-bond donors (Lipinski definition) is 1. The highest BCUT2D eigenvalue weighted by molar-refractivity contribution is 14.1. The molecule has 1 aromatic carbocycles. The summed E-state index contributed by atoms with van der Waals surface area (Å²) in [5.74, 6) is 0.747. The van der Waals surface area contributed by atoms with Crippen LogP contribution in [0.15, 0.2) is 45.0 Å². The lowest BCUT2D eigenvalue weighted by Crippen LogP contribution is -2.17. The predicted octanol–water partition coefficient (Wildman–Crippen LogP) is 4.83. The monoisotopic (exact) mass is 422 g/mol. The molecule has 1 aromatic rings. The summed E-state index contributed by atoms with van der Waals surface area (Å²) >= 11 is 14.3. The van der Waals surface area contributed by atoms with Crippen molar-refractivity contribution in [2.45, 2.75) is 20.0 Å². The van der Waals surface area contributed by atoms with Crippen LogP contribution in [0.3, 0.4) is 0 Å². The quantitative estimate of drug-likeness (QED) is 0.557. The zero-order valence-corrected chi connectivity index (χ0v) is 14.6. The molecule has 0 aromatic heterocycles. The highest BCUT2D eigenvalue weighted by Crippen LogP contribution is 2.36. The molecule has 0 amide bonds. The van der Waals surface area contributed by atoms with E-state index < -0.39 is 0 Å². The van der Waals surface area contributed by atoms with Crippen molar-refractivity contribution < 1.29 is 4.74 Å². The van der Waals surface area contributed by atoms with Crippen molar-refractivity contribution >= 4 is 55.2 Å². The van der Waals surface area contributed by atoms with Gasteiger partial charge in [-0.2, -0.15) is 0 Å². The number of fused-ring (bicyclic) bond motifs is 1. The van der Waals surface area contributed by atoms with Gasteiger partial charge in [-0.25, -0.2) is 4.99 Å². The highest BCUT2D eigenvalue weighted by atomic mass is 127. The lowest BCUT2D eigenvalue weighted by atomic mass is 10.1. The third-order valence-corrected chi connectivity index (χ3v) is 4.26. The number of nitrogens with zero attached hydrogens (tertiary/aromatic N) is 1. The lowest BCUT2D eigenvalue weighted by Gasteiger charge is -2.21.